The van der Waals surface area contributed by atoms with Crippen LogP contribution in [-0.2, 0) is 0 Å². The van der Waals surface area contributed by atoms with E-state index in [0.717, 1.165) is 0 Å². The third-order valence-corrected chi connectivity index (χ3v) is 4.65. The van der Waals surface area contributed by atoms with E-state index >= 15 is 0 Å². The van der Waals surface area contributed by atoms with Gasteiger partial charge in [-0.15, -0.1) is 0 Å². The molecule has 0 aromatic carbocycles. The standard InChI is InChI=1S/C19H42N.HI/c1-5-8-11-14-17-20(4,18-15-12-9-6-2)19-16-13-10-7-3;/h5-19H2,1-4H3;1H/q+1;/p-1. The van der Waals surface area contributed by atoms with E-state index in [1.807, 2.05) is 0 Å². The van der Waals surface area contributed by atoms with Crippen LogP contribution in [-0.4, -0.2) is 31.2 Å². The second-order valence-corrected chi connectivity index (χ2v) is 6.97. The van der Waals surface area contributed by atoms with E-state index in [2.05, 4.69) is 27.8 Å². The van der Waals surface area contributed by atoms with E-state index in [9.17, 15) is 0 Å². The molecule has 0 aliphatic heterocycles. The Morgan fingerprint density at radius 3 is 1.00 bits per heavy atom. The van der Waals surface area contributed by atoms with Crippen LogP contribution in [0.1, 0.15) is 97.8 Å². The molecule has 0 heterocycles. The number of nitrogens with zero attached hydrogens (tertiary/aromatic N) is 1. The second kappa shape index (κ2) is 17.1. The highest BCUT2D eigenvalue weighted by molar-refractivity contribution is 4.48. The summed E-state index contributed by atoms with van der Waals surface area (Å²) < 4.78 is 1.34. The van der Waals surface area contributed by atoms with Crippen LogP contribution in [0.5, 0.6) is 0 Å². The first-order chi connectivity index (χ1) is 9.68. The number of hydrogen-bond donors (Lipinski definition) is 0. The minimum Gasteiger partial charge on any atom is -1.00 e. The Kier molecular flexibility index (Phi) is 19.4. The van der Waals surface area contributed by atoms with Gasteiger partial charge < -0.3 is 28.5 Å². The van der Waals surface area contributed by atoms with Gasteiger partial charge in [0, 0.05) is 0 Å². The Morgan fingerprint density at radius 2 is 0.762 bits per heavy atom. The van der Waals surface area contributed by atoms with E-state index in [1.165, 1.54) is 101 Å². The maximum Gasteiger partial charge on any atom is 0.0784 e. The molecule has 0 amide bonds. The van der Waals surface area contributed by atoms with Crippen molar-refractivity contribution in [3.05, 3.63) is 0 Å². The van der Waals surface area contributed by atoms with Crippen LogP contribution in [0.4, 0.5) is 0 Å². The van der Waals surface area contributed by atoms with Gasteiger partial charge in [0.15, 0.2) is 0 Å². The van der Waals surface area contributed by atoms with Crippen LogP contribution < -0.4 is 24.0 Å². The molecule has 0 saturated carbocycles. The molecule has 21 heavy (non-hydrogen) atoms. The third-order valence-electron chi connectivity index (χ3n) is 4.65. The number of hydrogen-bond acceptors (Lipinski definition) is 0. The van der Waals surface area contributed by atoms with Crippen LogP contribution in [0.15, 0.2) is 0 Å². The van der Waals surface area contributed by atoms with Crippen LogP contribution in [0.25, 0.3) is 0 Å². The normalized spacial score (nSPS) is 11.4. The fourth-order valence-corrected chi connectivity index (χ4v) is 3.10. The Morgan fingerprint density at radius 1 is 0.476 bits per heavy atom. The first-order valence-corrected chi connectivity index (χ1v) is 9.52. The summed E-state index contributed by atoms with van der Waals surface area (Å²) in [6, 6.07) is 0. The van der Waals surface area contributed by atoms with Crippen LogP contribution in [0, 0.1) is 0 Å². The largest absolute Gasteiger partial charge is 1.00 e. The quantitative estimate of drug-likeness (QED) is 0.221. The van der Waals surface area contributed by atoms with E-state index in [0.29, 0.717) is 0 Å². The van der Waals surface area contributed by atoms with E-state index in [4.69, 9.17) is 0 Å². The van der Waals surface area contributed by atoms with Crippen molar-refractivity contribution in [2.75, 3.05) is 26.7 Å². The molecule has 0 radical (unpaired) electrons. The zero-order valence-electron chi connectivity index (χ0n) is 15.4. The topological polar surface area (TPSA) is 0 Å². The molecule has 0 bridgehead atoms. The summed E-state index contributed by atoms with van der Waals surface area (Å²) in [5, 5.41) is 0. The molecule has 0 saturated heterocycles. The molecular formula is C19H42IN. The first-order valence-electron chi connectivity index (χ1n) is 9.52. The molecule has 0 unspecified atom stereocenters. The fourth-order valence-electron chi connectivity index (χ4n) is 3.10. The van der Waals surface area contributed by atoms with Gasteiger partial charge in [-0.25, -0.2) is 0 Å². The SMILES string of the molecule is CCCCCC[N+](C)(CCCCCC)CCCCCC.[I-]. The van der Waals surface area contributed by atoms with E-state index in [-0.39, 0.29) is 24.0 Å². The lowest BCUT2D eigenvalue weighted by Crippen LogP contribution is -3.00. The predicted molar refractivity (Wildman–Crippen MR) is 93.2 cm³/mol. The van der Waals surface area contributed by atoms with Gasteiger partial charge in [-0.2, -0.15) is 0 Å². The molecule has 0 aromatic heterocycles. The lowest BCUT2D eigenvalue weighted by atomic mass is 10.1. The average Bonchev–Trinajstić information content (AvgIpc) is 2.45. The van der Waals surface area contributed by atoms with Crippen LogP contribution in [0.3, 0.4) is 0 Å². The Hall–Kier alpha value is 0.690. The van der Waals surface area contributed by atoms with Gasteiger partial charge in [0.2, 0.25) is 0 Å². The predicted octanol–water partition coefficient (Wildman–Crippen LogP) is 3.18. The molecule has 0 aliphatic carbocycles. The van der Waals surface area contributed by atoms with Crippen molar-refractivity contribution in [3.63, 3.8) is 0 Å². The summed E-state index contributed by atoms with van der Waals surface area (Å²) in [6.45, 7) is 11.2. The summed E-state index contributed by atoms with van der Waals surface area (Å²) >= 11 is 0. The fraction of sp³-hybridized carbons (Fsp3) is 1.00. The lowest BCUT2D eigenvalue weighted by Gasteiger charge is -2.35. The van der Waals surface area contributed by atoms with Crippen molar-refractivity contribution in [1.82, 2.24) is 0 Å². The average molecular weight is 411 g/mol. The highest BCUT2D eigenvalue weighted by Gasteiger charge is 2.19. The van der Waals surface area contributed by atoms with Gasteiger partial charge in [0.05, 0.1) is 26.7 Å². The molecule has 1 nitrogen and oxygen atoms in total. The van der Waals surface area contributed by atoms with Crippen molar-refractivity contribution < 1.29 is 28.5 Å². The molecule has 0 spiro atoms. The lowest BCUT2D eigenvalue weighted by molar-refractivity contribution is -0.910. The molecule has 0 rings (SSSR count). The summed E-state index contributed by atoms with van der Waals surface area (Å²) in [5.74, 6) is 0. The van der Waals surface area contributed by atoms with Gasteiger partial charge in [-0.3, -0.25) is 0 Å². The Labute approximate surface area is 152 Å². The van der Waals surface area contributed by atoms with Crippen LogP contribution in [0.2, 0.25) is 0 Å². The van der Waals surface area contributed by atoms with E-state index in [1.54, 1.807) is 0 Å². The van der Waals surface area contributed by atoms with Gasteiger partial charge >= 0.3 is 0 Å². The number of unbranched alkanes of at least 4 members (excludes halogenated alkanes) is 9. The summed E-state index contributed by atoms with van der Waals surface area (Å²) in [4.78, 5) is 0. The number of rotatable bonds is 15. The Balaban J connectivity index is 0. The van der Waals surface area contributed by atoms with Gasteiger partial charge in [-0.1, -0.05) is 59.3 Å². The van der Waals surface area contributed by atoms with E-state index < -0.39 is 0 Å². The molecule has 0 aliphatic rings. The minimum atomic E-state index is 0. The van der Waals surface area contributed by atoms with Crippen molar-refractivity contribution in [3.8, 4) is 0 Å². The Bertz CT molecular complexity index is 163. The van der Waals surface area contributed by atoms with Crippen molar-refractivity contribution >= 4 is 0 Å². The highest BCUT2D eigenvalue weighted by atomic mass is 127. The van der Waals surface area contributed by atoms with Gasteiger partial charge in [0.25, 0.3) is 0 Å². The zero-order valence-corrected chi connectivity index (χ0v) is 17.6. The minimum absolute atomic E-state index is 0. The monoisotopic (exact) mass is 411 g/mol. The molecule has 0 atom stereocenters. The third kappa shape index (κ3) is 15.4. The molecule has 0 N–H and O–H groups in total. The number of quaternary nitrogens is 1. The highest BCUT2D eigenvalue weighted by Crippen LogP contribution is 2.14. The molecule has 2 heteroatoms. The first kappa shape index (κ1) is 23.9. The van der Waals surface area contributed by atoms with Crippen molar-refractivity contribution in [1.29, 1.82) is 0 Å². The van der Waals surface area contributed by atoms with Crippen molar-refractivity contribution in [2.24, 2.45) is 0 Å². The number of halogens is 1. The maximum absolute atomic E-state index is 2.52. The maximum atomic E-state index is 2.52. The van der Waals surface area contributed by atoms with Gasteiger partial charge in [0.1, 0.15) is 0 Å². The van der Waals surface area contributed by atoms with Gasteiger partial charge in [-0.05, 0) is 38.5 Å². The molecular weight excluding hydrogens is 369 g/mol. The second-order valence-electron chi connectivity index (χ2n) is 6.97. The molecule has 0 aromatic rings. The summed E-state index contributed by atoms with van der Waals surface area (Å²) in [5.41, 5.74) is 0. The summed E-state index contributed by atoms with van der Waals surface area (Å²) in [7, 11) is 2.52. The van der Waals surface area contributed by atoms with Crippen LogP contribution >= 0.6 is 0 Å². The smallest absolute Gasteiger partial charge is 0.0784 e. The summed E-state index contributed by atoms with van der Waals surface area (Å²) in [6.07, 6.45) is 17.0. The molecule has 0 fully saturated rings. The van der Waals surface area contributed by atoms with Crippen molar-refractivity contribution in [2.45, 2.75) is 97.8 Å². The zero-order chi connectivity index (χ0) is 15.1. The molecule has 130 valence electrons.